The molecule has 0 atom stereocenters. The number of nitrogens with zero attached hydrogens (tertiary/aromatic N) is 3. The SMILES string of the molecule is COC(=O)c1c(C)[nH]c(C(=O)NCc2ccc(N3CCN(C)CC3)nc2)c1C. The number of H-pyrrole nitrogens is 1. The Morgan fingerprint density at radius 3 is 2.54 bits per heavy atom. The maximum atomic E-state index is 12.5. The molecule has 2 N–H and O–H groups in total. The minimum absolute atomic E-state index is 0.265. The van der Waals surface area contributed by atoms with E-state index in [1.807, 2.05) is 12.1 Å². The number of aryl methyl sites for hydroxylation is 1. The fourth-order valence-corrected chi connectivity index (χ4v) is 3.40. The molecule has 0 radical (unpaired) electrons. The van der Waals surface area contributed by atoms with Gasteiger partial charge < -0.3 is 24.8 Å². The number of pyridine rings is 1. The van der Waals surface area contributed by atoms with Crippen molar-refractivity contribution in [3.63, 3.8) is 0 Å². The van der Waals surface area contributed by atoms with Crippen LogP contribution in [0.25, 0.3) is 0 Å². The number of likely N-dealkylation sites (N-methyl/N-ethyl adjacent to an activating group) is 1. The fourth-order valence-electron chi connectivity index (χ4n) is 3.40. The van der Waals surface area contributed by atoms with Crippen LogP contribution in [-0.2, 0) is 11.3 Å². The molecule has 3 rings (SSSR count). The van der Waals surface area contributed by atoms with E-state index in [9.17, 15) is 9.59 Å². The van der Waals surface area contributed by atoms with E-state index in [4.69, 9.17) is 4.74 Å². The average molecular weight is 385 g/mol. The predicted octanol–water partition coefficient (Wildman–Crippen LogP) is 1.49. The molecule has 1 aliphatic heterocycles. The lowest BCUT2D eigenvalue weighted by Gasteiger charge is -2.33. The van der Waals surface area contributed by atoms with Gasteiger partial charge in [0.1, 0.15) is 11.5 Å². The normalized spacial score (nSPS) is 14.8. The minimum Gasteiger partial charge on any atom is -0.465 e. The third-order valence-electron chi connectivity index (χ3n) is 5.14. The number of nitrogens with one attached hydrogen (secondary N) is 2. The number of carbonyl (C=O) groups excluding carboxylic acids is 2. The molecule has 0 unspecified atom stereocenters. The summed E-state index contributed by atoms with van der Waals surface area (Å²) in [5.41, 5.74) is 2.91. The molecule has 3 heterocycles. The maximum Gasteiger partial charge on any atom is 0.339 e. The molecular weight excluding hydrogens is 358 g/mol. The van der Waals surface area contributed by atoms with Crippen LogP contribution in [0.2, 0.25) is 0 Å². The van der Waals surface area contributed by atoms with E-state index in [0.29, 0.717) is 29.1 Å². The van der Waals surface area contributed by atoms with Crippen LogP contribution in [0.15, 0.2) is 18.3 Å². The minimum atomic E-state index is -0.450. The summed E-state index contributed by atoms with van der Waals surface area (Å²) in [5, 5.41) is 2.88. The van der Waals surface area contributed by atoms with Crippen molar-refractivity contribution in [2.75, 3.05) is 45.2 Å². The van der Waals surface area contributed by atoms with Crippen LogP contribution in [0.5, 0.6) is 0 Å². The highest BCUT2D eigenvalue weighted by molar-refractivity contribution is 6.00. The third-order valence-corrected chi connectivity index (χ3v) is 5.14. The smallest absolute Gasteiger partial charge is 0.339 e. The molecule has 1 fully saturated rings. The van der Waals surface area contributed by atoms with Crippen molar-refractivity contribution < 1.29 is 14.3 Å². The zero-order chi connectivity index (χ0) is 20.3. The van der Waals surface area contributed by atoms with E-state index in [1.54, 1.807) is 20.0 Å². The zero-order valence-corrected chi connectivity index (χ0v) is 16.8. The summed E-state index contributed by atoms with van der Waals surface area (Å²) in [6.45, 7) is 7.83. The number of amides is 1. The second kappa shape index (κ2) is 8.43. The number of methoxy groups -OCH3 is 1. The van der Waals surface area contributed by atoms with Crippen molar-refractivity contribution in [1.29, 1.82) is 0 Å². The first kappa shape index (κ1) is 19.9. The fraction of sp³-hybridized carbons (Fsp3) is 0.450. The number of hydrogen-bond acceptors (Lipinski definition) is 6. The molecule has 1 amide bonds. The molecule has 1 saturated heterocycles. The molecule has 2 aromatic heterocycles. The van der Waals surface area contributed by atoms with E-state index in [2.05, 4.69) is 32.1 Å². The van der Waals surface area contributed by atoms with Gasteiger partial charge in [-0.05, 0) is 38.1 Å². The molecule has 0 saturated carbocycles. The number of piperazine rings is 1. The number of anilines is 1. The summed E-state index contributed by atoms with van der Waals surface area (Å²) in [7, 11) is 3.45. The van der Waals surface area contributed by atoms with Gasteiger partial charge in [0.25, 0.3) is 5.91 Å². The zero-order valence-electron chi connectivity index (χ0n) is 16.8. The highest BCUT2D eigenvalue weighted by Crippen LogP contribution is 2.19. The second-order valence-corrected chi connectivity index (χ2v) is 7.11. The molecule has 8 nitrogen and oxygen atoms in total. The quantitative estimate of drug-likeness (QED) is 0.758. The maximum absolute atomic E-state index is 12.5. The van der Waals surface area contributed by atoms with Crippen molar-refractivity contribution in [3.05, 3.63) is 46.4 Å². The first-order chi connectivity index (χ1) is 13.4. The predicted molar refractivity (Wildman–Crippen MR) is 107 cm³/mol. The first-order valence-electron chi connectivity index (χ1n) is 9.34. The van der Waals surface area contributed by atoms with Gasteiger partial charge in [-0.25, -0.2) is 9.78 Å². The van der Waals surface area contributed by atoms with Gasteiger partial charge in [-0.2, -0.15) is 0 Å². The van der Waals surface area contributed by atoms with Gasteiger partial charge in [-0.15, -0.1) is 0 Å². The number of hydrogen-bond donors (Lipinski definition) is 2. The number of ether oxygens (including phenoxy) is 1. The Labute approximate surface area is 164 Å². The molecule has 8 heteroatoms. The highest BCUT2D eigenvalue weighted by atomic mass is 16.5. The standard InChI is InChI=1S/C20H27N5O3/c1-13-17(20(27)28-4)14(2)23-18(13)19(26)22-12-15-5-6-16(21-11-15)25-9-7-24(3)8-10-25/h5-6,11,23H,7-10,12H2,1-4H3,(H,22,26). The van der Waals surface area contributed by atoms with Gasteiger partial charge >= 0.3 is 5.97 Å². The highest BCUT2D eigenvalue weighted by Gasteiger charge is 2.22. The lowest BCUT2D eigenvalue weighted by molar-refractivity contribution is 0.0599. The van der Waals surface area contributed by atoms with Gasteiger partial charge in [0.2, 0.25) is 0 Å². The van der Waals surface area contributed by atoms with Crippen LogP contribution in [0, 0.1) is 13.8 Å². The van der Waals surface area contributed by atoms with Crippen molar-refractivity contribution >= 4 is 17.7 Å². The van der Waals surface area contributed by atoms with E-state index in [-0.39, 0.29) is 5.91 Å². The van der Waals surface area contributed by atoms with E-state index >= 15 is 0 Å². The number of esters is 1. The molecule has 1 aliphatic rings. The summed E-state index contributed by atoms with van der Waals surface area (Å²) in [4.78, 5) is 36.5. The van der Waals surface area contributed by atoms with Crippen LogP contribution in [0.3, 0.4) is 0 Å². The summed E-state index contributed by atoms with van der Waals surface area (Å²) in [6.07, 6.45) is 1.79. The van der Waals surface area contributed by atoms with Crippen molar-refractivity contribution in [1.82, 2.24) is 20.2 Å². The Morgan fingerprint density at radius 2 is 1.93 bits per heavy atom. The average Bonchev–Trinajstić information content (AvgIpc) is 3.01. The molecule has 28 heavy (non-hydrogen) atoms. The topological polar surface area (TPSA) is 90.6 Å². The monoisotopic (exact) mass is 385 g/mol. The van der Waals surface area contributed by atoms with Crippen molar-refractivity contribution in [2.45, 2.75) is 20.4 Å². The number of carbonyl (C=O) groups is 2. The van der Waals surface area contributed by atoms with Crippen LogP contribution in [0.1, 0.15) is 37.7 Å². The summed E-state index contributed by atoms with van der Waals surface area (Å²) >= 11 is 0. The van der Waals surface area contributed by atoms with Gasteiger partial charge in [0, 0.05) is 44.6 Å². The molecular formula is C20H27N5O3. The molecule has 2 aromatic rings. The van der Waals surface area contributed by atoms with E-state index in [0.717, 1.165) is 37.6 Å². The molecule has 0 aromatic carbocycles. The molecule has 150 valence electrons. The Balaban J connectivity index is 1.61. The number of aromatic amines is 1. The van der Waals surface area contributed by atoms with Crippen LogP contribution in [0.4, 0.5) is 5.82 Å². The lowest BCUT2D eigenvalue weighted by Crippen LogP contribution is -2.44. The lowest BCUT2D eigenvalue weighted by atomic mass is 10.1. The first-order valence-corrected chi connectivity index (χ1v) is 9.34. The largest absolute Gasteiger partial charge is 0.465 e. The summed E-state index contributed by atoms with van der Waals surface area (Å²) in [5.74, 6) is 0.245. The summed E-state index contributed by atoms with van der Waals surface area (Å²) in [6, 6.07) is 3.97. The molecule has 0 bridgehead atoms. The number of aromatic nitrogens is 2. The second-order valence-electron chi connectivity index (χ2n) is 7.11. The Hall–Kier alpha value is -2.87. The van der Waals surface area contributed by atoms with Crippen molar-refractivity contribution in [3.8, 4) is 0 Å². The number of rotatable bonds is 5. The Bertz CT molecular complexity index is 851. The Kier molecular flexibility index (Phi) is 5.99. The van der Waals surface area contributed by atoms with E-state index < -0.39 is 5.97 Å². The Morgan fingerprint density at radius 1 is 1.21 bits per heavy atom. The van der Waals surface area contributed by atoms with Gasteiger partial charge in [-0.1, -0.05) is 6.07 Å². The van der Waals surface area contributed by atoms with Gasteiger partial charge in [0.15, 0.2) is 0 Å². The third kappa shape index (κ3) is 4.17. The van der Waals surface area contributed by atoms with Crippen molar-refractivity contribution in [2.24, 2.45) is 0 Å². The van der Waals surface area contributed by atoms with Gasteiger partial charge in [-0.3, -0.25) is 4.79 Å². The van der Waals surface area contributed by atoms with E-state index in [1.165, 1.54) is 7.11 Å². The molecule has 0 spiro atoms. The van der Waals surface area contributed by atoms with Crippen LogP contribution < -0.4 is 10.2 Å². The molecule has 0 aliphatic carbocycles. The van der Waals surface area contributed by atoms with Gasteiger partial charge in [0.05, 0.1) is 12.7 Å². The van der Waals surface area contributed by atoms with Crippen LogP contribution in [-0.4, -0.2) is 67.1 Å². The van der Waals surface area contributed by atoms with Crippen LogP contribution >= 0.6 is 0 Å². The summed E-state index contributed by atoms with van der Waals surface area (Å²) < 4.78 is 4.78.